The van der Waals surface area contributed by atoms with E-state index in [-0.39, 0.29) is 31.1 Å². The molecule has 2 aliphatic heterocycles. The molecule has 4 rings (SSSR count). The molecule has 0 radical (unpaired) electrons. The van der Waals surface area contributed by atoms with Gasteiger partial charge in [-0.2, -0.15) is 0 Å². The number of rotatable bonds is 9. The van der Waals surface area contributed by atoms with Gasteiger partial charge in [-0.3, -0.25) is 19.4 Å². The Bertz CT molecular complexity index is 1180. The molecule has 2 aromatic rings. The fourth-order valence-electron chi connectivity index (χ4n) is 4.36. The van der Waals surface area contributed by atoms with Crippen molar-refractivity contribution in [2.75, 3.05) is 31.1 Å². The summed E-state index contributed by atoms with van der Waals surface area (Å²) in [6, 6.07) is 16.2. The Morgan fingerprint density at radius 1 is 1.08 bits per heavy atom. The first-order chi connectivity index (χ1) is 17.4. The topological polar surface area (TPSA) is 62.3 Å². The van der Waals surface area contributed by atoms with Crippen LogP contribution in [0.1, 0.15) is 34.1 Å². The van der Waals surface area contributed by atoms with E-state index in [9.17, 15) is 9.59 Å². The summed E-state index contributed by atoms with van der Waals surface area (Å²) in [5, 5.41) is 0. The second-order valence-corrected chi connectivity index (χ2v) is 10.1. The monoisotopic (exact) mass is 525 g/mol. The van der Waals surface area contributed by atoms with Crippen LogP contribution in [0.4, 0.5) is 5.69 Å². The van der Waals surface area contributed by atoms with Crippen molar-refractivity contribution < 1.29 is 19.1 Å². The fraction of sp³-hybridized carbons (Fsp3) is 0.370. The molecule has 0 aromatic heterocycles. The highest BCUT2D eigenvalue weighted by Crippen LogP contribution is 2.45. The number of benzene rings is 2. The molecule has 36 heavy (non-hydrogen) atoms. The molecule has 190 valence electrons. The number of esters is 1. The maximum absolute atomic E-state index is 13.3. The van der Waals surface area contributed by atoms with Gasteiger partial charge in [-0.05, 0) is 62.0 Å². The largest absolute Gasteiger partial charge is 0.447 e. The number of fused-ring (bicyclic) bond motifs is 1. The fourth-order valence-corrected chi connectivity index (χ4v) is 5.68. The van der Waals surface area contributed by atoms with Crippen LogP contribution < -0.4 is 9.64 Å². The van der Waals surface area contributed by atoms with Crippen LogP contribution in [0.2, 0.25) is 0 Å². The Hall–Kier alpha value is -2.88. The van der Waals surface area contributed by atoms with Crippen molar-refractivity contribution in [3.63, 3.8) is 0 Å². The van der Waals surface area contributed by atoms with Crippen molar-refractivity contribution in [3.05, 3.63) is 59.3 Å². The van der Waals surface area contributed by atoms with Crippen LogP contribution in [0.3, 0.4) is 0 Å². The number of amides is 1. The first kappa shape index (κ1) is 26.2. The van der Waals surface area contributed by atoms with Gasteiger partial charge in [0, 0.05) is 13.1 Å². The van der Waals surface area contributed by atoms with E-state index in [4.69, 9.17) is 21.7 Å². The summed E-state index contributed by atoms with van der Waals surface area (Å²) in [5.41, 5.74) is 3.09. The first-order valence-electron chi connectivity index (χ1n) is 12.2. The van der Waals surface area contributed by atoms with Crippen molar-refractivity contribution in [2.45, 2.75) is 40.3 Å². The molecular weight excluding hydrogens is 494 g/mol. The highest BCUT2D eigenvalue weighted by Gasteiger charge is 2.40. The Labute approximate surface area is 222 Å². The molecule has 1 fully saturated rings. The highest BCUT2D eigenvalue weighted by atomic mass is 32.2. The first-order valence-corrected chi connectivity index (χ1v) is 13.5. The molecule has 0 N–H and O–H groups in total. The number of thioether (sulfide) groups is 1. The Kier molecular flexibility index (Phi) is 8.33. The van der Waals surface area contributed by atoms with E-state index >= 15 is 0 Å². The highest BCUT2D eigenvalue weighted by molar-refractivity contribution is 8.26. The van der Waals surface area contributed by atoms with Crippen LogP contribution in [-0.2, 0) is 14.3 Å². The molecule has 0 saturated carbocycles. The van der Waals surface area contributed by atoms with E-state index in [0.29, 0.717) is 27.4 Å². The molecule has 2 heterocycles. The average molecular weight is 526 g/mol. The third-order valence-corrected chi connectivity index (χ3v) is 7.76. The molecule has 1 amide bonds. The predicted octanol–water partition coefficient (Wildman–Crippen LogP) is 5.22. The molecule has 9 heteroatoms. The van der Waals surface area contributed by atoms with E-state index < -0.39 is 0 Å². The van der Waals surface area contributed by atoms with Crippen LogP contribution in [0.5, 0.6) is 5.75 Å². The van der Waals surface area contributed by atoms with Crippen molar-refractivity contribution in [3.8, 4) is 16.9 Å². The molecular formula is C27H31N3O4S2. The normalized spacial score (nSPS) is 18.0. The molecule has 0 aliphatic carbocycles. The zero-order valence-corrected chi connectivity index (χ0v) is 22.7. The maximum atomic E-state index is 13.3. The number of ether oxygens (including phenoxy) is 2. The molecule has 2 aromatic carbocycles. The van der Waals surface area contributed by atoms with E-state index in [1.807, 2.05) is 67.8 Å². The zero-order chi connectivity index (χ0) is 25.8. The number of thiocarbonyl (C=S) groups is 1. The third kappa shape index (κ3) is 5.28. The summed E-state index contributed by atoms with van der Waals surface area (Å²) in [4.78, 5) is 31.7. The van der Waals surface area contributed by atoms with Crippen LogP contribution in [-0.4, -0.2) is 58.4 Å². The summed E-state index contributed by atoms with van der Waals surface area (Å²) >= 11 is 6.70. The molecule has 1 atom stereocenters. The SMILES string of the molecule is CCN1/C(=C2\SC(=S)N(CCC(=O)OC(C)N(CC)CC)C2=O)Oc2ccc(-c3ccccc3)cc21. The Balaban J connectivity index is 1.49. The number of hydrogen-bond donors (Lipinski definition) is 0. The summed E-state index contributed by atoms with van der Waals surface area (Å²) in [5.74, 6) is 0.574. The number of anilines is 1. The van der Waals surface area contributed by atoms with Gasteiger partial charge < -0.3 is 14.4 Å². The zero-order valence-electron chi connectivity index (χ0n) is 21.0. The summed E-state index contributed by atoms with van der Waals surface area (Å²) in [6.45, 7) is 10.3. The van der Waals surface area contributed by atoms with Gasteiger partial charge in [0.2, 0.25) is 5.88 Å². The summed E-state index contributed by atoms with van der Waals surface area (Å²) in [7, 11) is 0. The van der Waals surface area contributed by atoms with Crippen LogP contribution >= 0.6 is 24.0 Å². The molecule has 1 unspecified atom stereocenters. The quantitative estimate of drug-likeness (QED) is 0.191. The standard InChI is InChI=1S/C27H31N3O4S2/c1-5-28(6-2)18(4)33-23(31)15-16-30-25(32)24(36-27(30)35)26-29(7-3)21-17-20(13-14-22(21)34-26)19-11-9-8-10-12-19/h8-14,17-18H,5-7,15-16H2,1-4H3/b26-24+. The predicted molar refractivity (Wildman–Crippen MR) is 148 cm³/mol. The van der Waals surface area contributed by atoms with Gasteiger partial charge in [-0.25, -0.2) is 0 Å². The Morgan fingerprint density at radius 2 is 1.81 bits per heavy atom. The number of hydrogen-bond acceptors (Lipinski definition) is 8. The van der Waals surface area contributed by atoms with Gasteiger partial charge in [0.15, 0.2) is 12.0 Å². The van der Waals surface area contributed by atoms with E-state index in [1.54, 1.807) is 0 Å². The van der Waals surface area contributed by atoms with Gasteiger partial charge in [0.1, 0.15) is 9.23 Å². The van der Waals surface area contributed by atoms with E-state index in [1.165, 1.54) is 16.7 Å². The van der Waals surface area contributed by atoms with Gasteiger partial charge in [0.25, 0.3) is 5.91 Å². The number of nitrogens with zero attached hydrogens (tertiary/aromatic N) is 3. The minimum atomic E-state index is -0.357. The molecule has 0 bridgehead atoms. The Morgan fingerprint density at radius 3 is 2.47 bits per heavy atom. The molecule has 2 aliphatic rings. The number of carbonyl (C=O) groups excluding carboxylic acids is 2. The van der Waals surface area contributed by atoms with Gasteiger partial charge >= 0.3 is 5.97 Å². The second kappa shape index (κ2) is 11.5. The minimum absolute atomic E-state index is 0.0691. The van der Waals surface area contributed by atoms with Crippen LogP contribution in [0.15, 0.2) is 59.3 Å². The molecule has 1 saturated heterocycles. The lowest BCUT2D eigenvalue weighted by Crippen LogP contribution is -2.37. The smallest absolute Gasteiger partial charge is 0.309 e. The van der Waals surface area contributed by atoms with Gasteiger partial charge in [-0.1, -0.05) is 62.5 Å². The van der Waals surface area contributed by atoms with Gasteiger partial charge in [0.05, 0.1) is 12.1 Å². The minimum Gasteiger partial charge on any atom is -0.447 e. The average Bonchev–Trinajstić information content (AvgIpc) is 3.39. The van der Waals surface area contributed by atoms with E-state index in [2.05, 4.69) is 18.2 Å². The van der Waals surface area contributed by atoms with E-state index in [0.717, 1.165) is 29.9 Å². The van der Waals surface area contributed by atoms with Crippen molar-refractivity contribution in [2.24, 2.45) is 0 Å². The van der Waals surface area contributed by atoms with Crippen molar-refractivity contribution in [1.82, 2.24) is 9.80 Å². The van der Waals surface area contributed by atoms with Gasteiger partial charge in [-0.15, -0.1) is 0 Å². The van der Waals surface area contributed by atoms with Crippen LogP contribution in [0.25, 0.3) is 11.1 Å². The lowest BCUT2D eigenvalue weighted by atomic mass is 10.0. The van der Waals surface area contributed by atoms with Crippen molar-refractivity contribution in [1.29, 1.82) is 0 Å². The lowest BCUT2D eigenvalue weighted by molar-refractivity contribution is -0.157. The maximum Gasteiger partial charge on any atom is 0.309 e. The summed E-state index contributed by atoms with van der Waals surface area (Å²) < 4.78 is 12.1. The number of carbonyl (C=O) groups is 2. The third-order valence-electron chi connectivity index (χ3n) is 6.34. The summed E-state index contributed by atoms with van der Waals surface area (Å²) in [6.07, 6.45) is -0.246. The second-order valence-electron chi connectivity index (χ2n) is 8.41. The van der Waals surface area contributed by atoms with Crippen molar-refractivity contribution >= 4 is 45.9 Å². The van der Waals surface area contributed by atoms with Crippen LogP contribution in [0, 0.1) is 0 Å². The molecule has 7 nitrogen and oxygen atoms in total. The molecule has 0 spiro atoms. The lowest BCUT2D eigenvalue weighted by Gasteiger charge is -2.26.